The highest BCUT2D eigenvalue weighted by Gasteiger charge is 2.28. The lowest BCUT2D eigenvalue weighted by Gasteiger charge is -2.36. The van der Waals surface area contributed by atoms with Crippen LogP contribution in [0.5, 0.6) is 69.4 Å². The first kappa shape index (κ1) is 88.3. The minimum Gasteiger partial charge on any atom is -0.493 e. The van der Waals surface area contributed by atoms with Crippen molar-refractivity contribution in [3.05, 3.63) is 178 Å². The number of piperazine rings is 3. The lowest BCUT2D eigenvalue weighted by atomic mass is 10.3. The second kappa shape index (κ2) is 42.4. The van der Waals surface area contributed by atoms with Crippen molar-refractivity contribution in [2.75, 3.05) is 217 Å². The molecule has 12 heterocycles. The van der Waals surface area contributed by atoms with E-state index in [-0.39, 0.29) is 0 Å². The maximum atomic E-state index is 6.54. The lowest BCUT2D eigenvalue weighted by molar-refractivity contribution is 0.0331. The fourth-order valence-corrected chi connectivity index (χ4v) is 16.1. The van der Waals surface area contributed by atoms with Gasteiger partial charge in [-0.05, 0) is 69.3 Å². The number of rotatable bonds is 32. The number of hydrogen-bond donors (Lipinski definition) is 6. The number of aromatic amines is 3. The summed E-state index contributed by atoms with van der Waals surface area (Å²) in [5.41, 5.74) is 5.71. The first-order valence-electron chi connectivity index (χ1n) is 42.5. The van der Waals surface area contributed by atoms with Crippen LogP contribution in [0.2, 0.25) is 15.1 Å². The molecule has 0 amide bonds. The summed E-state index contributed by atoms with van der Waals surface area (Å²) in [7, 11) is 9.39. The number of para-hydroxylation sites is 6. The van der Waals surface area contributed by atoms with E-state index in [2.05, 4.69) is 94.6 Å². The molecule has 5 fully saturated rings. The Morgan fingerprint density at radius 2 is 0.669 bits per heavy atom. The molecule has 0 bridgehead atoms. The third-order valence-electron chi connectivity index (χ3n) is 22.7. The van der Waals surface area contributed by atoms with Crippen LogP contribution < -0.4 is 73.3 Å². The zero-order chi connectivity index (χ0) is 87.5. The van der Waals surface area contributed by atoms with Crippen LogP contribution in [0.1, 0.15) is 36.1 Å². The van der Waals surface area contributed by atoms with Crippen molar-refractivity contribution >= 4 is 103 Å². The number of ether oxygens (including phenoxy) is 10. The third kappa shape index (κ3) is 23.0. The lowest BCUT2D eigenvalue weighted by Crippen LogP contribution is -2.49. The molecule has 13 aromatic rings. The average Bonchev–Trinajstić information content (AvgIpc) is 1.79. The standard InChI is InChI=1S/C30H37ClN8O4.C30H37ClN8O3.C29H32ClN9O3/c1-40-25-17-21(31)24(18-26(25)41-2)43-29-19-27(32-20-28-33-22-5-3-4-6-23(22)34-28)35-30(36-29)39-11-9-37(10-12-39)7-8-38-13-15-42-16-14-38;1-40-25-17-21(31)24(18-26(25)41-2)42-29-19-27(32-20-28-33-22-7-3-4-8-23(22)34-28)35-30(36-29)39-15-13-38(14-16-39)12-11-37-9-5-6-10-37;1-19-31-8-9-39(19)18-37-10-12-38(13-11-37)29-35-26(32-17-27-33-21-6-4-5-7-22(21)34-27)16-28(36-29)42-23-15-25(41-3)24(40-2)14-20(23)30/h3-6,17-19H,7-16,20H2,1-2H3,(H,33,34)(H,32,35,36);3-4,7-8,17-19H,5-6,9-16,20H2,1-2H3,(H,33,34)(H,32,35,36);4-9,14-16H,10-13,17-18H2,1-3H3,(H,33,34)(H,32,35,36). The van der Waals surface area contributed by atoms with E-state index < -0.39 is 0 Å². The van der Waals surface area contributed by atoms with E-state index in [1.807, 2.05) is 92.1 Å². The fraction of sp³-hybridized carbons (Fsp3) is 0.393. The Balaban J connectivity index is 0.000000140. The number of benzene rings is 6. The average molecular weight is 1790 g/mol. The molecule has 5 aliphatic rings. The maximum Gasteiger partial charge on any atom is 0.230 e. The van der Waals surface area contributed by atoms with E-state index in [9.17, 15) is 0 Å². The van der Waals surface area contributed by atoms with Gasteiger partial charge in [0, 0.05) is 185 Å². The van der Waals surface area contributed by atoms with Crippen molar-refractivity contribution in [1.82, 2.24) is 93.9 Å². The number of anilines is 6. The Morgan fingerprint density at radius 1 is 0.354 bits per heavy atom. The first-order valence-corrected chi connectivity index (χ1v) is 43.7. The molecule has 0 radical (unpaired) electrons. The summed E-state index contributed by atoms with van der Waals surface area (Å²) >= 11 is 19.6. The molecule has 127 heavy (non-hydrogen) atoms. The second-order valence-electron chi connectivity index (χ2n) is 30.9. The van der Waals surface area contributed by atoms with Crippen LogP contribution >= 0.6 is 34.8 Å². The van der Waals surface area contributed by atoms with Gasteiger partial charge in [-0.15, -0.1) is 0 Å². The van der Waals surface area contributed by atoms with Gasteiger partial charge < -0.3 is 102 Å². The van der Waals surface area contributed by atoms with E-state index in [1.165, 1.54) is 25.9 Å². The van der Waals surface area contributed by atoms with Crippen LogP contribution in [0.25, 0.3) is 33.1 Å². The predicted octanol–water partition coefficient (Wildman–Crippen LogP) is 13.2. The van der Waals surface area contributed by atoms with Crippen molar-refractivity contribution in [3.63, 3.8) is 0 Å². The van der Waals surface area contributed by atoms with E-state index in [0.717, 1.165) is 194 Å². The van der Waals surface area contributed by atoms with Crippen molar-refractivity contribution < 1.29 is 47.4 Å². The van der Waals surface area contributed by atoms with Crippen LogP contribution in [0.4, 0.5) is 35.3 Å². The molecule has 0 saturated carbocycles. The number of hydrogen-bond acceptors (Lipinski definition) is 31. The first-order chi connectivity index (χ1) is 62.1. The molecule has 0 atom stereocenters. The molecule has 35 nitrogen and oxygen atoms in total. The zero-order valence-corrected chi connectivity index (χ0v) is 74.6. The van der Waals surface area contributed by atoms with Gasteiger partial charge in [-0.2, -0.15) is 29.9 Å². The molecule has 7 aromatic heterocycles. The normalized spacial score (nSPS) is 15.5. The van der Waals surface area contributed by atoms with Crippen molar-refractivity contribution in [2.45, 2.75) is 46.1 Å². The van der Waals surface area contributed by atoms with Gasteiger partial charge in [0.15, 0.2) is 51.7 Å². The summed E-state index contributed by atoms with van der Waals surface area (Å²) in [6, 6.07) is 39.2. The number of H-pyrrole nitrogens is 3. The SMILES string of the molecule is COc1cc(Cl)c(Oc2cc(NCc3nc4ccccc4[nH]3)nc(N3CCN(CCN4CCCC4)CC3)n2)cc1OC.COc1cc(Cl)c(Oc2cc(NCc3nc4ccccc4[nH]3)nc(N3CCN(CCN4CCOCC4)CC3)n2)cc1OC.COc1cc(Cl)c(Oc2cc(NCc3nc4ccccc4[nH]3)nc(N3CCN(Cn4ccnc4C)CC3)n2)cc1OC. The molecule has 0 unspecified atom stereocenters. The molecule has 0 spiro atoms. The monoisotopic (exact) mass is 1790 g/mol. The summed E-state index contributed by atoms with van der Waals surface area (Å²) in [6.07, 6.45) is 6.48. The van der Waals surface area contributed by atoms with E-state index in [0.29, 0.717) is 139 Å². The molecule has 0 aliphatic carbocycles. The minimum absolute atomic E-state index is 0.345. The van der Waals surface area contributed by atoms with Crippen LogP contribution in [0.15, 0.2) is 140 Å². The van der Waals surface area contributed by atoms with Crippen molar-refractivity contribution in [2.24, 2.45) is 0 Å². The summed E-state index contributed by atoms with van der Waals surface area (Å²) in [6.45, 7) is 25.0. The number of morpholine rings is 1. The molecule has 668 valence electrons. The van der Waals surface area contributed by atoms with Gasteiger partial charge in [-0.25, -0.2) is 19.9 Å². The maximum absolute atomic E-state index is 6.54. The Morgan fingerprint density at radius 3 is 0.992 bits per heavy atom. The molecule has 6 N–H and O–H groups in total. The molecule has 5 saturated heterocycles. The number of likely N-dealkylation sites (tertiary alicyclic amines) is 1. The smallest absolute Gasteiger partial charge is 0.230 e. The Kier molecular flexibility index (Phi) is 29.5. The largest absolute Gasteiger partial charge is 0.493 e. The molecular formula is C89H106Cl3N25O10. The highest BCUT2D eigenvalue weighted by molar-refractivity contribution is 6.33. The van der Waals surface area contributed by atoms with Gasteiger partial charge in [-0.3, -0.25) is 19.6 Å². The Labute approximate surface area is 751 Å². The van der Waals surface area contributed by atoms with Gasteiger partial charge >= 0.3 is 0 Å². The van der Waals surface area contributed by atoms with Crippen LogP contribution in [-0.2, 0) is 31.0 Å². The van der Waals surface area contributed by atoms with Gasteiger partial charge in [0.2, 0.25) is 35.5 Å². The number of nitrogens with zero attached hydrogens (tertiary/aromatic N) is 19. The highest BCUT2D eigenvalue weighted by atomic mass is 35.5. The van der Waals surface area contributed by atoms with Crippen LogP contribution in [0, 0.1) is 6.92 Å². The summed E-state index contributed by atoms with van der Waals surface area (Å²) in [4.78, 5) is 76.3. The minimum atomic E-state index is 0.345. The topological polar surface area (TPSA) is 336 Å². The van der Waals surface area contributed by atoms with Gasteiger partial charge in [0.1, 0.15) is 40.8 Å². The number of fused-ring (bicyclic) bond motifs is 3. The summed E-state index contributed by atoms with van der Waals surface area (Å²) < 4.78 is 58.7. The molecule has 6 aromatic carbocycles. The number of imidazole rings is 4. The van der Waals surface area contributed by atoms with E-state index >= 15 is 0 Å². The van der Waals surface area contributed by atoms with E-state index in [4.69, 9.17) is 112 Å². The van der Waals surface area contributed by atoms with Crippen LogP contribution in [0.3, 0.4) is 0 Å². The predicted molar refractivity (Wildman–Crippen MR) is 491 cm³/mol. The quantitative estimate of drug-likeness (QED) is 0.0228. The molecular weight excluding hydrogens is 1690 g/mol. The van der Waals surface area contributed by atoms with Gasteiger partial charge in [-0.1, -0.05) is 71.2 Å². The Bertz CT molecular complexity index is 5710. The number of aryl methyl sites for hydroxylation is 1. The van der Waals surface area contributed by atoms with Gasteiger partial charge in [0.05, 0.1) is 130 Å². The zero-order valence-electron chi connectivity index (χ0n) is 72.3. The van der Waals surface area contributed by atoms with Gasteiger partial charge in [0.25, 0.3) is 0 Å². The van der Waals surface area contributed by atoms with Crippen molar-refractivity contribution in [3.8, 4) is 69.4 Å². The number of halogens is 3. The Hall–Kier alpha value is -12.2. The highest BCUT2D eigenvalue weighted by Crippen LogP contribution is 2.43. The summed E-state index contributed by atoms with van der Waals surface area (Å²) in [5, 5.41) is 11.3. The van der Waals surface area contributed by atoms with E-state index in [1.54, 1.807) is 97.3 Å². The summed E-state index contributed by atoms with van der Waals surface area (Å²) in [5.74, 6) is 12.4. The molecule has 38 heteroatoms. The molecule has 18 rings (SSSR count). The number of aromatic nitrogens is 14. The number of methoxy groups -OCH3 is 6. The van der Waals surface area contributed by atoms with Crippen LogP contribution in [-0.4, -0.2) is 281 Å². The number of nitrogens with one attached hydrogen (secondary N) is 6. The third-order valence-corrected chi connectivity index (χ3v) is 23.6. The van der Waals surface area contributed by atoms with Crippen molar-refractivity contribution in [1.29, 1.82) is 0 Å². The fourth-order valence-electron chi connectivity index (χ4n) is 15.6. The second-order valence-corrected chi connectivity index (χ2v) is 32.1. The molecule has 5 aliphatic heterocycles.